The lowest BCUT2D eigenvalue weighted by atomic mass is 10.1. The molecule has 1 saturated carbocycles. The van der Waals surface area contributed by atoms with E-state index in [1.165, 1.54) is 6.42 Å². The predicted molar refractivity (Wildman–Crippen MR) is 95.0 cm³/mol. The molecule has 6 nitrogen and oxygen atoms in total. The molecule has 1 aliphatic carbocycles. The number of carbonyl (C=O) groups is 1. The third-order valence-electron chi connectivity index (χ3n) is 4.99. The van der Waals surface area contributed by atoms with Gasteiger partial charge in [0.1, 0.15) is 11.9 Å². The molecule has 3 atom stereocenters. The summed E-state index contributed by atoms with van der Waals surface area (Å²) in [7, 11) is 0. The van der Waals surface area contributed by atoms with Crippen LogP contribution in [0.4, 0.5) is 0 Å². The smallest absolute Gasteiger partial charge is 0.252 e. The minimum absolute atomic E-state index is 0.0636. The van der Waals surface area contributed by atoms with E-state index in [-0.39, 0.29) is 12.2 Å². The number of aromatic nitrogens is 1. The molecule has 6 heteroatoms. The number of amides is 1. The van der Waals surface area contributed by atoms with Crippen LogP contribution in [0.3, 0.4) is 0 Å². The van der Waals surface area contributed by atoms with Crippen molar-refractivity contribution in [3.8, 4) is 11.6 Å². The van der Waals surface area contributed by atoms with Crippen LogP contribution < -0.4 is 20.5 Å². The van der Waals surface area contributed by atoms with Gasteiger partial charge in [-0.2, -0.15) is 0 Å². The van der Waals surface area contributed by atoms with Crippen molar-refractivity contribution in [2.24, 2.45) is 11.7 Å². The van der Waals surface area contributed by atoms with Gasteiger partial charge in [-0.25, -0.2) is 4.98 Å². The number of nitrogens with one attached hydrogen (secondary N) is 1. The average Bonchev–Trinajstić information content (AvgIpc) is 3.17. The highest BCUT2D eigenvalue weighted by atomic mass is 16.5. The third kappa shape index (κ3) is 3.02. The maximum atomic E-state index is 11.8. The molecule has 1 amide bonds. The Morgan fingerprint density at radius 2 is 2.20 bits per heavy atom. The van der Waals surface area contributed by atoms with Crippen molar-refractivity contribution >= 4 is 16.7 Å². The highest BCUT2D eigenvalue weighted by Gasteiger charge is 2.41. The van der Waals surface area contributed by atoms with Gasteiger partial charge in [0.15, 0.2) is 0 Å². The molecular weight excluding hydrogens is 318 g/mol. The Hall–Kier alpha value is -2.34. The van der Waals surface area contributed by atoms with E-state index in [4.69, 9.17) is 15.2 Å². The molecule has 132 valence electrons. The number of benzene rings is 1. The number of hydrogen-bond donors (Lipinski definition) is 2. The quantitative estimate of drug-likeness (QED) is 0.871. The second-order valence-corrected chi connectivity index (χ2v) is 7.22. The molecular formula is C19H23N3O3. The summed E-state index contributed by atoms with van der Waals surface area (Å²) in [5.41, 5.74) is 5.89. The molecule has 1 unspecified atom stereocenters. The van der Waals surface area contributed by atoms with Crippen molar-refractivity contribution in [3.63, 3.8) is 0 Å². The molecule has 0 spiro atoms. The van der Waals surface area contributed by atoms with Crippen LogP contribution in [0.2, 0.25) is 0 Å². The molecule has 1 saturated heterocycles. The van der Waals surface area contributed by atoms with E-state index in [1.807, 2.05) is 26.0 Å². The first kappa shape index (κ1) is 16.1. The lowest BCUT2D eigenvalue weighted by Crippen LogP contribution is -2.40. The lowest BCUT2D eigenvalue weighted by molar-refractivity contribution is 0.0994. The van der Waals surface area contributed by atoms with E-state index < -0.39 is 5.91 Å². The Balaban J connectivity index is 1.73. The SMILES string of the molecule is CC(C)Oc1cc2c(OC3C[C@@H]4CN[C@H]3C4)nccc2cc1C(N)=O. The summed E-state index contributed by atoms with van der Waals surface area (Å²) in [5, 5.41) is 5.20. The molecule has 1 aliphatic heterocycles. The van der Waals surface area contributed by atoms with Gasteiger partial charge in [0.25, 0.3) is 5.91 Å². The largest absolute Gasteiger partial charge is 0.490 e. The summed E-state index contributed by atoms with van der Waals surface area (Å²) in [6.07, 6.45) is 4.01. The van der Waals surface area contributed by atoms with Gasteiger partial charge in [0.2, 0.25) is 5.88 Å². The van der Waals surface area contributed by atoms with Crippen LogP contribution in [-0.2, 0) is 0 Å². The van der Waals surface area contributed by atoms with Gasteiger partial charge < -0.3 is 20.5 Å². The highest BCUT2D eigenvalue weighted by Crippen LogP contribution is 2.36. The molecule has 2 aliphatic rings. The van der Waals surface area contributed by atoms with Crippen LogP contribution in [0.5, 0.6) is 11.6 Å². The zero-order valence-electron chi connectivity index (χ0n) is 14.5. The second-order valence-electron chi connectivity index (χ2n) is 7.22. The monoisotopic (exact) mass is 341 g/mol. The first-order valence-corrected chi connectivity index (χ1v) is 8.80. The molecule has 1 aromatic carbocycles. The minimum Gasteiger partial charge on any atom is -0.490 e. The zero-order chi connectivity index (χ0) is 17.6. The van der Waals surface area contributed by atoms with E-state index >= 15 is 0 Å². The van der Waals surface area contributed by atoms with Crippen LogP contribution in [0.25, 0.3) is 10.8 Å². The van der Waals surface area contributed by atoms with Crippen LogP contribution >= 0.6 is 0 Å². The van der Waals surface area contributed by atoms with E-state index in [2.05, 4.69) is 10.3 Å². The van der Waals surface area contributed by atoms with E-state index in [9.17, 15) is 4.79 Å². The maximum Gasteiger partial charge on any atom is 0.252 e. The summed E-state index contributed by atoms with van der Waals surface area (Å²) in [6.45, 7) is 4.91. The van der Waals surface area contributed by atoms with Crippen molar-refractivity contribution in [1.82, 2.24) is 10.3 Å². The van der Waals surface area contributed by atoms with Crippen LogP contribution in [-0.4, -0.2) is 35.7 Å². The van der Waals surface area contributed by atoms with Crippen molar-refractivity contribution in [2.75, 3.05) is 6.54 Å². The number of pyridine rings is 1. The Labute approximate surface area is 146 Å². The number of piperidine rings is 1. The standard InChI is InChI=1S/C19H23N3O3/c1-10(2)24-16-8-13-12(7-14(16)18(20)23)3-4-21-19(13)25-17-6-11-5-15(17)22-9-11/h3-4,7-8,10-11,15,17,22H,5-6,9H2,1-2H3,(H2,20,23)/t11-,15+,17?/m1/s1. The number of fused-ring (bicyclic) bond motifs is 3. The van der Waals surface area contributed by atoms with E-state index in [0.717, 1.165) is 23.7 Å². The van der Waals surface area contributed by atoms with E-state index in [0.29, 0.717) is 29.2 Å². The second kappa shape index (κ2) is 6.19. The summed E-state index contributed by atoms with van der Waals surface area (Å²) in [5.74, 6) is 1.25. The summed E-state index contributed by atoms with van der Waals surface area (Å²) < 4.78 is 12.0. The van der Waals surface area contributed by atoms with E-state index in [1.54, 1.807) is 12.3 Å². The Kier molecular flexibility index (Phi) is 4.00. The van der Waals surface area contributed by atoms with Crippen LogP contribution in [0.1, 0.15) is 37.0 Å². The van der Waals surface area contributed by atoms with Gasteiger partial charge in [-0.3, -0.25) is 4.79 Å². The number of nitrogens with two attached hydrogens (primary N) is 1. The van der Waals surface area contributed by atoms with Gasteiger partial charge in [0.05, 0.1) is 11.7 Å². The van der Waals surface area contributed by atoms with Gasteiger partial charge in [-0.15, -0.1) is 0 Å². The lowest BCUT2D eigenvalue weighted by Gasteiger charge is -2.24. The van der Waals surface area contributed by atoms with Crippen LogP contribution in [0.15, 0.2) is 24.4 Å². The Bertz CT molecular complexity index is 821. The van der Waals surface area contributed by atoms with Crippen molar-refractivity contribution in [1.29, 1.82) is 0 Å². The topological polar surface area (TPSA) is 86.5 Å². The molecule has 3 N–H and O–H groups in total. The molecule has 25 heavy (non-hydrogen) atoms. The molecule has 2 aromatic rings. The van der Waals surface area contributed by atoms with Crippen molar-refractivity contribution in [2.45, 2.75) is 44.9 Å². The Morgan fingerprint density at radius 3 is 2.84 bits per heavy atom. The van der Waals surface area contributed by atoms with Crippen LogP contribution in [0, 0.1) is 5.92 Å². The van der Waals surface area contributed by atoms with Crippen molar-refractivity contribution < 1.29 is 14.3 Å². The van der Waals surface area contributed by atoms with Gasteiger partial charge in [0, 0.05) is 17.6 Å². The summed E-state index contributed by atoms with van der Waals surface area (Å²) in [6, 6.07) is 5.83. The molecule has 0 radical (unpaired) electrons. The fraction of sp³-hybridized carbons (Fsp3) is 0.474. The first-order chi connectivity index (χ1) is 12.0. The highest BCUT2D eigenvalue weighted by molar-refractivity contribution is 6.01. The molecule has 1 aromatic heterocycles. The number of carbonyl (C=O) groups excluding carboxylic acids is 1. The van der Waals surface area contributed by atoms with Crippen molar-refractivity contribution in [3.05, 3.63) is 30.0 Å². The third-order valence-corrected chi connectivity index (χ3v) is 4.99. The number of primary amides is 1. The number of ether oxygens (including phenoxy) is 2. The fourth-order valence-corrected chi connectivity index (χ4v) is 3.89. The normalized spacial score (nSPS) is 24.8. The Morgan fingerprint density at radius 1 is 1.36 bits per heavy atom. The number of hydrogen-bond acceptors (Lipinski definition) is 5. The summed E-state index contributed by atoms with van der Waals surface area (Å²) >= 11 is 0. The zero-order valence-corrected chi connectivity index (χ0v) is 14.5. The maximum absolute atomic E-state index is 11.8. The average molecular weight is 341 g/mol. The molecule has 4 rings (SSSR count). The van der Waals surface area contributed by atoms with Gasteiger partial charge >= 0.3 is 0 Å². The summed E-state index contributed by atoms with van der Waals surface area (Å²) in [4.78, 5) is 16.2. The fourth-order valence-electron chi connectivity index (χ4n) is 3.89. The minimum atomic E-state index is -0.505. The molecule has 2 fully saturated rings. The molecule has 2 heterocycles. The van der Waals surface area contributed by atoms with Gasteiger partial charge in [-0.05, 0) is 62.7 Å². The molecule has 2 bridgehead atoms. The van der Waals surface area contributed by atoms with Gasteiger partial charge in [-0.1, -0.05) is 0 Å². The predicted octanol–water partition coefficient (Wildman–Crippen LogP) is 2.25. The first-order valence-electron chi connectivity index (χ1n) is 8.80. The number of nitrogens with zero attached hydrogens (tertiary/aromatic N) is 1. The number of rotatable bonds is 5.